The molecule has 0 radical (unpaired) electrons. The lowest BCUT2D eigenvalue weighted by Gasteiger charge is -2.34. The number of aryl methyl sites for hydroxylation is 6. The third-order valence-electron chi connectivity index (χ3n) is 11.8. The van der Waals surface area contributed by atoms with Crippen LogP contribution in [0.15, 0.2) is 61.3 Å². The monoisotopic (exact) mass is 816 g/mol. The van der Waals surface area contributed by atoms with Crippen LogP contribution in [0.3, 0.4) is 0 Å². The molecule has 3 aromatic carbocycles. The SMILES string of the molecule is Cc1cc(OCCCc2c3n(c4c(-c5c(C)ncnc5C)c(Cl)ccc24)[C@H](C)CN(c2cn(C)c4ccc(-c5ncn(C6CCCCO6)n5)cc24)C3=O)cc(C)c1Cl. The topological polar surface area (TPSA) is 105 Å². The first-order valence-corrected chi connectivity index (χ1v) is 20.7. The Morgan fingerprint density at radius 2 is 1.71 bits per heavy atom. The summed E-state index contributed by atoms with van der Waals surface area (Å²) in [4.78, 5) is 31.1. The Labute approximate surface area is 347 Å². The summed E-state index contributed by atoms with van der Waals surface area (Å²) in [5.41, 5.74) is 10.6. The molecule has 2 aliphatic heterocycles. The van der Waals surface area contributed by atoms with E-state index < -0.39 is 0 Å². The summed E-state index contributed by atoms with van der Waals surface area (Å²) in [7, 11) is 2.02. The number of ether oxygens (including phenoxy) is 2. The molecule has 298 valence electrons. The van der Waals surface area contributed by atoms with E-state index in [-0.39, 0.29) is 18.2 Å². The van der Waals surface area contributed by atoms with Crippen molar-refractivity contribution < 1.29 is 14.3 Å². The van der Waals surface area contributed by atoms with Crippen molar-refractivity contribution in [3.63, 3.8) is 0 Å². The Kier molecular flexibility index (Phi) is 10.0. The fourth-order valence-corrected chi connectivity index (χ4v) is 9.32. The van der Waals surface area contributed by atoms with Gasteiger partial charge in [-0.15, -0.1) is 5.10 Å². The van der Waals surface area contributed by atoms with Crippen molar-refractivity contribution in [2.45, 2.75) is 79.0 Å². The van der Waals surface area contributed by atoms with Crippen molar-refractivity contribution in [2.75, 3.05) is 24.7 Å². The first-order valence-electron chi connectivity index (χ1n) is 20.0. The molecule has 2 atom stereocenters. The number of nitrogens with zero attached hydrogens (tertiary/aromatic N) is 8. The highest BCUT2D eigenvalue weighted by atomic mass is 35.5. The maximum absolute atomic E-state index is 15.3. The second-order valence-corrected chi connectivity index (χ2v) is 16.5. The van der Waals surface area contributed by atoms with Crippen LogP contribution in [-0.2, 0) is 18.2 Å². The van der Waals surface area contributed by atoms with E-state index in [1.165, 1.54) is 0 Å². The number of aromatic nitrogens is 7. The molecule has 0 bridgehead atoms. The molecule has 0 spiro atoms. The predicted octanol–water partition coefficient (Wildman–Crippen LogP) is 10.3. The van der Waals surface area contributed by atoms with Crippen molar-refractivity contribution in [2.24, 2.45) is 7.05 Å². The standard InChI is InChI=1S/C45H46Cl2N8O3/c1-25-18-31(19-26(2)41(25)47)57-17-9-10-32-33-13-14-35(46)40(39-28(4)48-23-49-29(39)5)42(33)55-27(3)21-53(45(56)43(32)55)37-22-52(6)36-15-12-30(20-34(36)37)44-50-24-54(51-44)38-11-7-8-16-58-38/h12-15,18-20,22-24,27,38H,7-11,16-17,21H2,1-6H3/t27-,38?/m1/s1. The van der Waals surface area contributed by atoms with Gasteiger partial charge in [0.05, 0.1) is 22.8 Å². The third-order valence-corrected chi connectivity index (χ3v) is 12.7. The van der Waals surface area contributed by atoms with Gasteiger partial charge in [-0.05, 0) is 120 Å². The molecule has 1 fully saturated rings. The van der Waals surface area contributed by atoms with Crippen molar-refractivity contribution in [3.8, 4) is 28.3 Å². The van der Waals surface area contributed by atoms with Gasteiger partial charge >= 0.3 is 0 Å². The Morgan fingerprint density at radius 3 is 2.45 bits per heavy atom. The number of fused-ring (bicyclic) bond motifs is 4. The van der Waals surface area contributed by atoms with E-state index in [2.05, 4.69) is 55.4 Å². The number of benzene rings is 3. The van der Waals surface area contributed by atoms with Crippen molar-refractivity contribution >= 4 is 56.6 Å². The molecule has 0 N–H and O–H groups in total. The van der Waals surface area contributed by atoms with Gasteiger partial charge in [0.15, 0.2) is 12.1 Å². The average Bonchev–Trinajstić information content (AvgIpc) is 3.93. The Hall–Kier alpha value is -5.23. The maximum atomic E-state index is 15.3. The summed E-state index contributed by atoms with van der Waals surface area (Å²) in [6, 6.07) is 14.1. The van der Waals surface area contributed by atoms with Crippen LogP contribution in [0.25, 0.3) is 44.3 Å². The van der Waals surface area contributed by atoms with Crippen molar-refractivity contribution in [1.29, 1.82) is 0 Å². The number of carbonyl (C=O) groups excluding carboxylic acids is 1. The molecule has 0 aliphatic carbocycles. The quantitative estimate of drug-likeness (QED) is 0.134. The molecule has 13 heteroatoms. The molecular formula is C45H46Cl2N8O3. The largest absolute Gasteiger partial charge is 0.494 e. The van der Waals surface area contributed by atoms with Gasteiger partial charge in [-0.25, -0.2) is 19.6 Å². The van der Waals surface area contributed by atoms with E-state index >= 15 is 4.79 Å². The fourth-order valence-electron chi connectivity index (χ4n) is 8.96. The summed E-state index contributed by atoms with van der Waals surface area (Å²) in [6.45, 7) is 11.8. The molecule has 2 aliphatic rings. The van der Waals surface area contributed by atoms with Gasteiger partial charge in [0, 0.05) is 81.8 Å². The second-order valence-electron chi connectivity index (χ2n) is 15.7. The lowest BCUT2D eigenvalue weighted by Crippen LogP contribution is -2.42. The number of amides is 1. The van der Waals surface area contributed by atoms with E-state index in [4.69, 9.17) is 37.8 Å². The minimum absolute atomic E-state index is 0.0660. The maximum Gasteiger partial charge on any atom is 0.275 e. The highest BCUT2D eigenvalue weighted by Crippen LogP contribution is 2.45. The van der Waals surface area contributed by atoms with Gasteiger partial charge in [0.1, 0.15) is 24.1 Å². The fraction of sp³-hybridized carbons (Fsp3) is 0.356. The summed E-state index contributed by atoms with van der Waals surface area (Å²) >= 11 is 13.6. The van der Waals surface area contributed by atoms with E-state index in [0.717, 1.165) is 109 Å². The third kappa shape index (κ3) is 6.53. The highest BCUT2D eigenvalue weighted by molar-refractivity contribution is 6.35. The molecule has 11 nitrogen and oxygen atoms in total. The number of hydrogen-bond donors (Lipinski definition) is 0. The van der Waals surface area contributed by atoms with Crippen LogP contribution >= 0.6 is 23.2 Å². The minimum atomic E-state index is -0.103. The second kappa shape index (κ2) is 15.2. The van der Waals surface area contributed by atoms with Crippen LogP contribution in [0.2, 0.25) is 10.0 Å². The molecule has 1 amide bonds. The van der Waals surface area contributed by atoms with Gasteiger partial charge in [-0.1, -0.05) is 29.3 Å². The molecule has 6 heterocycles. The summed E-state index contributed by atoms with van der Waals surface area (Å²) < 4.78 is 18.4. The van der Waals surface area contributed by atoms with E-state index in [1.807, 2.05) is 68.6 Å². The number of halogens is 2. The van der Waals surface area contributed by atoms with Crippen LogP contribution < -0.4 is 9.64 Å². The van der Waals surface area contributed by atoms with Gasteiger partial charge in [0.25, 0.3) is 5.91 Å². The lowest BCUT2D eigenvalue weighted by molar-refractivity contribution is -0.0395. The van der Waals surface area contributed by atoms with E-state index in [9.17, 15) is 0 Å². The van der Waals surface area contributed by atoms with Gasteiger partial charge in [-0.3, -0.25) is 4.79 Å². The molecule has 4 aromatic heterocycles. The van der Waals surface area contributed by atoms with Crippen molar-refractivity contribution in [3.05, 3.63) is 105 Å². The van der Waals surface area contributed by atoms with E-state index in [0.29, 0.717) is 42.5 Å². The van der Waals surface area contributed by atoms with Gasteiger partial charge < -0.3 is 23.5 Å². The van der Waals surface area contributed by atoms with Gasteiger partial charge in [-0.2, -0.15) is 0 Å². The molecule has 9 rings (SSSR count). The normalized spacial score (nSPS) is 17.1. The zero-order valence-corrected chi connectivity index (χ0v) is 35.2. The number of rotatable bonds is 9. The Balaban J connectivity index is 1.14. The Morgan fingerprint density at radius 1 is 0.931 bits per heavy atom. The number of carbonyl (C=O) groups is 1. The Bertz CT molecular complexity index is 2700. The lowest BCUT2D eigenvalue weighted by atomic mass is 9.97. The zero-order valence-electron chi connectivity index (χ0n) is 33.6. The molecule has 1 unspecified atom stereocenters. The first-order chi connectivity index (χ1) is 28.0. The summed E-state index contributed by atoms with van der Waals surface area (Å²) in [5.74, 6) is 1.34. The van der Waals surface area contributed by atoms with Crippen LogP contribution in [0, 0.1) is 27.7 Å². The molecular weight excluding hydrogens is 771 g/mol. The number of hydrogen-bond acceptors (Lipinski definition) is 7. The van der Waals surface area contributed by atoms with E-state index in [1.54, 1.807) is 12.7 Å². The average molecular weight is 818 g/mol. The highest BCUT2D eigenvalue weighted by Gasteiger charge is 2.37. The molecule has 58 heavy (non-hydrogen) atoms. The van der Waals surface area contributed by atoms with Crippen LogP contribution in [0.1, 0.15) is 83.4 Å². The molecule has 1 saturated heterocycles. The van der Waals surface area contributed by atoms with Crippen LogP contribution in [0.4, 0.5) is 5.69 Å². The smallest absolute Gasteiger partial charge is 0.275 e. The summed E-state index contributed by atoms with van der Waals surface area (Å²) in [6.07, 6.45) is 9.67. The van der Waals surface area contributed by atoms with Gasteiger partial charge in [0.2, 0.25) is 0 Å². The van der Waals surface area contributed by atoms with Crippen molar-refractivity contribution in [1.82, 2.24) is 33.9 Å². The predicted molar refractivity (Wildman–Crippen MR) is 229 cm³/mol. The molecule has 0 saturated carbocycles. The first kappa shape index (κ1) is 38.3. The minimum Gasteiger partial charge on any atom is -0.494 e. The number of anilines is 1. The van der Waals surface area contributed by atoms with Crippen LogP contribution in [-0.4, -0.2) is 59.5 Å². The zero-order chi connectivity index (χ0) is 40.4. The molecule has 7 aromatic rings. The van der Waals surface area contributed by atoms with Crippen LogP contribution in [0.5, 0.6) is 5.75 Å². The summed E-state index contributed by atoms with van der Waals surface area (Å²) in [5, 5.41) is 8.11.